The summed E-state index contributed by atoms with van der Waals surface area (Å²) in [6.45, 7) is 1.79. The van der Waals surface area contributed by atoms with Crippen LogP contribution in [0.3, 0.4) is 0 Å². The molecule has 0 bridgehead atoms. The summed E-state index contributed by atoms with van der Waals surface area (Å²) in [5.41, 5.74) is 0.379. The van der Waals surface area contributed by atoms with E-state index in [0.29, 0.717) is 18.4 Å². The quantitative estimate of drug-likeness (QED) is 0.646. The van der Waals surface area contributed by atoms with Crippen LogP contribution in [0.1, 0.15) is 25.3 Å². The van der Waals surface area contributed by atoms with Gasteiger partial charge in [0, 0.05) is 32.2 Å². The van der Waals surface area contributed by atoms with Crippen molar-refractivity contribution in [3.8, 4) is 0 Å². The van der Waals surface area contributed by atoms with Gasteiger partial charge in [-0.3, -0.25) is 9.59 Å². The fourth-order valence-electron chi connectivity index (χ4n) is 2.88. The molecular weight excluding hydrogens is 375 g/mol. The molecule has 7 nitrogen and oxygen atoms in total. The number of amides is 1. The van der Waals surface area contributed by atoms with Crippen LogP contribution in [0.15, 0.2) is 24.3 Å². The fraction of sp³-hybridized carbons (Fsp3) is 0.556. The highest BCUT2D eigenvalue weighted by Gasteiger charge is 2.31. The maximum absolute atomic E-state index is 13.6. The zero-order valence-electron chi connectivity index (χ0n) is 15.6. The standard InChI is InChI=1S/C18H25FN2O5S/c1-3-27(24,25)21-10-8-14(9-11-21)18(23)26-13-17(22)20(2)12-15-6-4-5-7-16(15)19/h4-7,14H,3,8-13H2,1-2H3. The molecule has 0 spiro atoms. The second-order valence-electron chi connectivity index (χ2n) is 6.52. The van der Waals surface area contributed by atoms with Crippen molar-refractivity contribution < 1.29 is 27.1 Å². The van der Waals surface area contributed by atoms with E-state index in [0.717, 1.165) is 0 Å². The van der Waals surface area contributed by atoms with Crippen LogP contribution in [0.5, 0.6) is 0 Å². The summed E-state index contributed by atoms with van der Waals surface area (Å²) in [6.07, 6.45) is 0.745. The Morgan fingerprint density at radius 3 is 2.48 bits per heavy atom. The molecule has 0 radical (unpaired) electrons. The van der Waals surface area contributed by atoms with Gasteiger partial charge in [-0.1, -0.05) is 18.2 Å². The smallest absolute Gasteiger partial charge is 0.309 e. The summed E-state index contributed by atoms with van der Waals surface area (Å²) in [7, 11) is -1.74. The number of hydrogen-bond acceptors (Lipinski definition) is 5. The highest BCUT2D eigenvalue weighted by atomic mass is 32.2. The largest absolute Gasteiger partial charge is 0.455 e. The minimum atomic E-state index is -3.25. The van der Waals surface area contributed by atoms with Crippen LogP contribution in [0.25, 0.3) is 0 Å². The van der Waals surface area contributed by atoms with Crippen LogP contribution < -0.4 is 0 Å². The first kappa shape index (κ1) is 21.3. The molecule has 9 heteroatoms. The third-order valence-electron chi connectivity index (χ3n) is 4.67. The van der Waals surface area contributed by atoms with Crippen molar-refractivity contribution in [3.05, 3.63) is 35.6 Å². The number of carbonyl (C=O) groups excluding carboxylic acids is 2. The Bertz CT molecular complexity index is 776. The van der Waals surface area contributed by atoms with Gasteiger partial charge in [0.2, 0.25) is 10.0 Å². The minimum absolute atomic E-state index is 0.0327. The number of ether oxygens (including phenoxy) is 1. The summed E-state index contributed by atoms with van der Waals surface area (Å²) in [5, 5.41) is 0. The van der Waals surface area contributed by atoms with E-state index in [1.165, 1.54) is 22.3 Å². The van der Waals surface area contributed by atoms with E-state index >= 15 is 0 Å². The van der Waals surface area contributed by atoms with Crippen LogP contribution in [0.2, 0.25) is 0 Å². The first-order chi connectivity index (χ1) is 12.7. The van der Waals surface area contributed by atoms with Crippen molar-refractivity contribution in [2.75, 3.05) is 32.5 Å². The first-order valence-electron chi connectivity index (χ1n) is 8.86. The Labute approximate surface area is 159 Å². The van der Waals surface area contributed by atoms with Crippen molar-refractivity contribution in [2.45, 2.75) is 26.3 Å². The molecule has 1 saturated heterocycles. The van der Waals surface area contributed by atoms with Gasteiger partial charge in [-0.05, 0) is 25.8 Å². The number of nitrogens with zero attached hydrogens (tertiary/aromatic N) is 2. The van der Waals surface area contributed by atoms with E-state index < -0.39 is 40.2 Å². The highest BCUT2D eigenvalue weighted by molar-refractivity contribution is 7.89. The van der Waals surface area contributed by atoms with Crippen LogP contribution in [-0.2, 0) is 30.9 Å². The number of carbonyl (C=O) groups is 2. The lowest BCUT2D eigenvalue weighted by atomic mass is 9.98. The Morgan fingerprint density at radius 1 is 1.26 bits per heavy atom. The monoisotopic (exact) mass is 400 g/mol. The van der Waals surface area contributed by atoms with E-state index in [1.54, 1.807) is 25.1 Å². The summed E-state index contributed by atoms with van der Waals surface area (Å²) >= 11 is 0. The molecule has 1 fully saturated rings. The molecule has 0 saturated carbocycles. The van der Waals surface area contributed by atoms with Crippen molar-refractivity contribution in [3.63, 3.8) is 0 Å². The molecule has 0 unspecified atom stereocenters. The average molecular weight is 400 g/mol. The number of piperidine rings is 1. The molecule has 0 aromatic heterocycles. The van der Waals surface area contributed by atoms with Gasteiger partial charge >= 0.3 is 5.97 Å². The van der Waals surface area contributed by atoms with Crippen LogP contribution >= 0.6 is 0 Å². The van der Waals surface area contributed by atoms with Crippen molar-refractivity contribution in [2.24, 2.45) is 5.92 Å². The second-order valence-corrected chi connectivity index (χ2v) is 8.78. The summed E-state index contributed by atoms with van der Waals surface area (Å²) < 4.78 is 43.8. The Kier molecular flexibility index (Phi) is 7.32. The van der Waals surface area contributed by atoms with Gasteiger partial charge in [0.05, 0.1) is 11.7 Å². The third kappa shape index (κ3) is 5.74. The zero-order valence-corrected chi connectivity index (χ0v) is 16.4. The Hall–Kier alpha value is -2.00. The predicted octanol–water partition coefficient (Wildman–Crippen LogP) is 1.39. The highest BCUT2D eigenvalue weighted by Crippen LogP contribution is 2.21. The lowest BCUT2D eigenvalue weighted by Gasteiger charge is -2.29. The third-order valence-corrected chi connectivity index (χ3v) is 6.56. The van der Waals surface area contributed by atoms with Crippen molar-refractivity contribution in [1.82, 2.24) is 9.21 Å². The first-order valence-corrected chi connectivity index (χ1v) is 10.5. The van der Waals surface area contributed by atoms with Gasteiger partial charge in [-0.2, -0.15) is 0 Å². The maximum Gasteiger partial charge on any atom is 0.309 e. The molecule has 27 heavy (non-hydrogen) atoms. The molecule has 150 valence electrons. The molecule has 1 amide bonds. The summed E-state index contributed by atoms with van der Waals surface area (Å²) in [4.78, 5) is 25.5. The van der Waals surface area contributed by atoms with Gasteiger partial charge in [0.1, 0.15) is 5.82 Å². The van der Waals surface area contributed by atoms with Crippen LogP contribution in [-0.4, -0.2) is 62.0 Å². The van der Waals surface area contributed by atoms with Crippen LogP contribution in [0.4, 0.5) is 4.39 Å². The van der Waals surface area contributed by atoms with Gasteiger partial charge in [0.25, 0.3) is 5.91 Å². The second kappa shape index (κ2) is 9.27. The lowest BCUT2D eigenvalue weighted by Crippen LogP contribution is -2.41. The zero-order chi connectivity index (χ0) is 20.0. The number of rotatable bonds is 7. The van der Waals surface area contributed by atoms with Gasteiger partial charge in [-0.15, -0.1) is 0 Å². The topological polar surface area (TPSA) is 84.0 Å². The van der Waals surface area contributed by atoms with Gasteiger partial charge in [0.15, 0.2) is 6.61 Å². The molecule has 0 aliphatic carbocycles. The lowest BCUT2D eigenvalue weighted by molar-refractivity contribution is -0.156. The minimum Gasteiger partial charge on any atom is -0.455 e. The van der Waals surface area contributed by atoms with Gasteiger partial charge < -0.3 is 9.64 Å². The molecule has 1 aromatic carbocycles. The molecule has 0 atom stereocenters. The van der Waals surface area contributed by atoms with E-state index in [1.807, 2.05) is 0 Å². The average Bonchev–Trinajstić information content (AvgIpc) is 2.67. The van der Waals surface area contributed by atoms with E-state index in [2.05, 4.69) is 0 Å². The maximum atomic E-state index is 13.6. The summed E-state index contributed by atoms with van der Waals surface area (Å²) in [6, 6.07) is 6.16. The number of esters is 1. The fourth-order valence-corrected chi connectivity index (χ4v) is 4.02. The molecular formula is C18H25FN2O5S. The number of likely N-dealkylation sites (N-methyl/N-ethyl adjacent to an activating group) is 1. The molecule has 1 aliphatic rings. The van der Waals surface area contributed by atoms with Crippen molar-refractivity contribution >= 4 is 21.9 Å². The Morgan fingerprint density at radius 2 is 1.89 bits per heavy atom. The predicted molar refractivity (Wildman–Crippen MR) is 97.6 cm³/mol. The SMILES string of the molecule is CCS(=O)(=O)N1CCC(C(=O)OCC(=O)N(C)Cc2ccccc2F)CC1. The number of sulfonamides is 1. The number of halogens is 1. The molecule has 1 aromatic rings. The molecule has 1 aliphatic heterocycles. The van der Waals surface area contributed by atoms with E-state index in [-0.39, 0.29) is 25.4 Å². The van der Waals surface area contributed by atoms with Gasteiger partial charge in [-0.25, -0.2) is 17.1 Å². The molecule has 1 heterocycles. The number of hydrogen-bond donors (Lipinski definition) is 0. The molecule has 2 rings (SSSR count). The van der Waals surface area contributed by atoms with E-state index in [9.17, 15) is 22.4 Å². The number of benzene rings is 1. The van der Waals surface area contributed by atoms with Crippen molar-refractivity contribution in [1.29, 1.82) is 0 Å². The molecule has 0 N–H and O–H groups in total. The van der Waals surface area contributed by atoms with Crippen LogP contribution in [0, 0.1) is 11.7 Å². The summed E-state index contributed by atoms with van der Waals surface area (Å²) in [5.74, 6) is -1.72. The normalized spacial score (nSPS) is 16.1. The Balaban J connectivity index is 1.78. The van der Waals surface area contributed by atoms with E-state index in [4.69, 9.17) is 4.74 Å².